The minimum Gasteiger partial charge on any atom is -0.329 e. The van der Waals surface area contributed by atoms with Gasteiger partial charge in [-0.05, 0) is 50.2 Å². The standard InChI is InChI=1S/C13H19FN2S/c14-11-1-3-12(4-2-11)17-13-5-8-16(9-6-13)10-7-15/h1-4,13H,5-10,15H2. The van der Waals surface area contributed by atoms with Gasteiger partial charge in [0.05, 0.1) is 0 Å². The molecular weight excluding hydrogens is 235 g/mol. The van der Waals surface area contributed by atoms with Crippen molar-refractivity contribution in [2.24, 2.45) is 5.73 Å². The van der Waals surface area contributed by atoms with Gasteiger partial charge in [0.2, 0.25) is 0 Å². The van der Waals surface area contributed by atoms with E-state index in [0.29, 0.717) is 5.25 Å². The van der Waals surface area contributed by atoms with Crippen LogP contribution in [0.2, 0.25) is 0 Å². The second-order valence-electron chi connectivity index (χ2n) is 4.40. The molecule has 2 N–H and O–H groups in total. The van der Waals surface area contributed by atoms with Gasteiger partial charge < -0.3 is 10.6 Å². The summed E-state index contributed by atoms with van der Waals surface area (Å²) in [6.45, 7) is 4.02. The Kier molecular flexibility index (Phi) is 4.83. The lowest BCUT2D eigenvalue weighted by molar-refractivity contribution is 0.239. The van der Waals surface area contributed by atoms with E-state index in [9.17, 15) is 4.39 Å². The molecule has 1 aromatic rings. The van der Waals surface area contributed by atoms with Gasteiger partial charge >= 0.3 is 0 Å². The number of likely N-dealkylation sites (tertiary alicyclic amines) is 1. The van der Waals surface area contributed by atoms with Crippen LogP contribution in [0.1, 0.15) is 12.8 Å². The Morgan fingerprint density at radius 2 is 1.88 bits per heavy atom. The van der Waals surface area contributed by atoms with Crippen molar-refractivity contribution >= 4 is 11.8 Å². The summed E-state index contributed by atoms with van der Waals surface area (Å²) >= 11 is 1.87. The largest absolute Gasteiger partial charge is 0.329 e. The van der Waals surface area contributed by atoms with Gasteiger partial charge in [-0.1, -0.05) is 0 Å². The molecule has 0 atom stereocenters. The van der Waals surface area contributed by atoms with Gasteiger partial charge in [0.25, 0.3) is 0 Å². The Labute approximate surface area is 106 Å². The zero-order valence-electron chi connectivity index (χ0n) is 9.94. The van der Waals surface area contributed by atoms with E-state index >= 15 is 0 Å². The molecule has 0 saturated carbocycles. The molecule has 2 rings (SSSR count). The molecule has 0 aliphatic carbocycles. The molecule has 1 saturated heterocycles. The van der Waals surface area contributed by atoms with Crippen LogP contribution >= 0.6 is 11.8 Å². The summed E-state index contributed by atoms with van der Waals surface area (Å²) in [6.07, 6.45) is 2.39. The quantitative estimate of drug-likeness (QED) is 0.894. The van der Waals surface area contributed by atoms with E-state index in [0.717, 1.165) is 26.2 Å². The van der Waals surface area contributed by atoms with Crippen LogP contribution < -0.4 is 5.73 Å². The fraction of sp³-hybridized carbons (Fsp3) is 0.538. The van der Waals surface area contributed by atoms with E-state index in [1.54, 1.807) is 0 Å². The molecule has 0 spiro atoms. The van der Waals surface area contributed by atoms with Gasteiger partial charge in [0, 0.05) is 23.2 Å². The lowest BCUT2D eigenvalue weighted by atomic mass is 10.1. The molecule has 1 heterocycles. The molecular formula is C13H19FN2S. The highest BCUT2D eigenvalue weighted by Crippen LogP contribution is 2.30. The SMILES string of the molecule is NCCN1CCC(Sc2ccc(F)cc2)CC1. The van der Waals surface area contributed by atoms with Crippen LogP contribution in [-0.2, 0) is 0 Å². The van der Waals surface area contributed by atoms with Crippen molar-refractivity contribution < 1.29 is 4.39 Å². The molecule has 2 nitrogen and oxygen atoms in total. The molecule has 0 unspecified atom stereocenters. The zero-order chi connectivity index (χ0) is 12.1. The second kappa shape index (κ2) is 6.38. The van der Waals surface area contributed by atoms with Crippen LogP contribution in [0.4, 0.5) is 4.39 Å². The first-order valence-electron chi connectivity index (χ1n) is 6.12. The second-order valence-corrected chi connectivity index (χ2v) is 5.78. The summed E-state index contributed by atoms with van der Waals surface area (Å²) in [4.78, 5) is 3.59. The van der Waals surface area contributed by atoms with Crippen LogP contribution in [0, 0.1) is 5.82 Å². The molecule has 1 aromatic carbocycles. The molecule has 4 heteroatoms. The average molecular weight is 254 g/mol. The van der Waals surface area contributed by atoms with Gasteiger partial charge in [-0.2, -0.15) is 0 Å². The lowest BCUT2D eigenvalue weighted by Gasteiger charge is -2.31. The molecule has 1 fully saturated rings. The van der Waals surface area contributed by atoms with E-state index in [2.05, 4.69) is 4.90 Å². The fourth-order valence-electron chi connectivity index (χ4n) is 2.14. The summed E-state index contributed by atoms with van der Waals surface area (Å²) in [5.74, 6) is -0.160. The van der Waals surface area contributed by atoms with Crippen LogP contribution in [0.15, 0.2) is 29.2 Å². The molecule has 17 heavy (non-hydrogen) atoms. The van der Waals surface area contributed by atoms with Gasteiger partial charge in [0.15, 0.2) is 0 Å². The van der Waals surface area contributed by atoms with Crippen LogP contribution in [-0.4, -0.2) is 36.3 Å². The van der Waals surface area contributed by atoms with Crippen molar-refractivity contribution in [1.82, 2.24) is 4.90 Å². The van der Waals surface area contributed by atoms with Gasteiger partial charge in [-0.15, -0.1) is 11.8 Å². The van der Waals surface area contributed by atoms with E-state index in [-0.39, 0.29) is 5.82 Å². The highest BCUT2D eigenvalue weighted by molar-refractivity contribution is 8.00. The first kappa shape index (κ1) is 12.9. The molecule has 1 aliphatic heterocycles. The van der Waals surface area contributed by atoms with Gasteiger partial charge in [0.1, 0.15) is 5.82 Å². The summed E-state index contributed by atoms with van der Waals surface area (Å²) in [6, 6.07) is 6.80. The Morgan fingerprint density at radius 1 is 1.24 bits per heavy atom. The van der Waals surface area contributed by atoms with Crippen LogP contribution in [0.3, 0.4) is 0 Å². The van der Waals surface area contributed by atoms with Crippen LogP contribution in [0.5, 0.6) is 0 Å². The monoisotopic (exact) mass is 254 g/mol. The van der Waals surface area contributed by atoms with Crippen LogP contribution in [0.25, 0.3) is 0 Å². The van der Waals surface area contributed by atoms with E-state index < -0.39 is 0 Å². The van der Waals surface area contributed by atoms with Crippen molar-refractivity contribution in [3.63, 3.8) is 0 Å². The summed E-state index contributed by atoms with van der Waals surface area (Å²) in [5, 5.41) is 0.662. The smallest absolute Gasteiger partial charge is 0.123 e. The highest BCUT2D eigenvalue weighted by atomic mass is 32.2. The Balaban J connectivity index is 1.79. The van der Waals surface area contributed by atoms with E-state index in [1.165, 1.54) is 29.9 Å². The Morgan fingerprint density at radius 3 is 2.47 bits per heavy atom. The third kappa shape index (κ3) is 3.98. The summed E-state index contributed by atoms with van der Waals surface area (Å²) < 4.78 is 12.8. The zero-order valence-corrected chi connectivity index (χ0v) is 10.8. The first-order valence-corrected chi connectivity index (χ1v) is 7.00. The number of halogens is 1. The van der Waals surface area contributed by atoms with Gasteiger partial charge in [-0.25, -0.2) is 4.39 Å². The summed E-state index contributed by atoms with van der Waals surface area (Å²) in [5.41, 5.74) is 5.55. The van der Waals surface area contributed by atoms with E-state index in [1.807, 2.05) is 23.9 Å². The number of piperidine rings is 1. The van der Waals surface area contributed by atoms with Crippen molar-refractivity contribution in [1.29, 1.82) is 0 Å². The average Bonchev–Trinajstić information content (AvgIpc) is 2.35. The Bertz CT molecular complexity index is 334. The van der Waals surface area contributed by atoms with Crippen molar-refractivity contribution in [2.75, 3.05) is 26.2 Å². The molecule has 0 amide bonds. The van der Waals surface area contributed by atoms with E-state index in [4.69, 9.17) is 5.73 Å². The number of benzene rings is 1. The van der Waals surface area contributed by atoms with Crippen molar-refractivity contribution in [2.45, 2.75) is 23.0 Å². The molecule has 94 valence electrons. The maximum absolute atomic E-state index is 12.8. The first-order chi connectivity index (χ1) is 8.28. The maximum Gasteiger partial charge on any atom is 0.123 e. The maximum atomic E-state index is 12.8. The topological polar surface area (TPSA) is 29.3 Å². The third-order valence-corrected chi connectivity index (χ3v) is 4.45. The Hall–Kier alpha value is -0.580. The number of rotatable bonds is 4. The number of nitrogens with zero attached hydrogens (tertiary/aromatic N) is 1. The van der Waals surface area contributed by atoms with Crippen molar-refractivity contribution in [3.05, 3.63) is 30.1 Å². The lowest BCUT2D eigenvalue weighted by Crippen LogP contribution is -2.37. The predicted molar refractivity (Wildman–Crippen MR) is 70.8 cm³/mol. The number of nitrogens with two attached hydrogens (primary N) is 1. The summed E-state index contributed by atoms with van der Waals surface area (Å²) in [7, 11) is 0. The van der Waals surface area contributed by atoms with Crippen molar-refractivity contribution in [3.8, 4) is 0 Å². The molecule has 0 radical (unpaired) electrons. The number of hydrogen-bond donors (Lipinski definition) is 1. The third-order valence-electron chi connectivity index (χ3n) is 3.10. The normalized spacial score (nSPS) is 18.5. The number of thioether (sulfide) groups is 1. The molecule has 0 aromatic heterocycles. The number of hydrogen-bond acceptors (Lipinski definition) is 3. The highest BCUT2D eigenvalue weighted by Gasteiger charge is 2.19. The molecule has 1 aliphatic rings. The minimum absolute atomic E-state index is 0.160. The minimum atomic E-state index is -0.160. The van der Waals surface area contributed by atoms with Gasteiger partial charge in [-0.3, -0.25) is 0 Å². The predicted octanol–water partition coefficient (Wildman–Crippen LogP) is 2.34. The molecule has 0 bridgehead atoms. The fourth-order valence-corrected chi connectivity index (χ4v) is 3.26.